The van der Waals surface area contributed by atoms with Gasteiger partial charge in [-0.2, -0.15) is 4.98 Å². The predicted molar refractivity (Wildman–Crippen MR) is 89.2 cm³/mol. The van der Waals surface area contributed by atoms with Crippen LogP contribution in [0, 0.1) is 10.5 Å². The summed E-state index contributed by atoms with van der Waals surface area (Å²) in [5.74, 6) is 0.759. The van der Waals surface area contributed by atoms with Crippen LogP contribution in [0.15, 0.2) is 36.5 Å². The van der Waals surface area contributed by atoms with Gasteiger partial charge in [0.1, 0.15) is 5.52 Å². The van der Waals surface area contributed by atoms with E-state index in [9.17, 15) is 0 Å². The second-order valence-corrected chi connectivity index (χ2v) is 5.96. The molecule has 4 nitrogen and oxygen atoms in total. The highest BCUT2D eigenvalue weighted by atomic mass is 127. The van der Waals surface area contributed by atoms with Gasteiger partial charge in [-0.1, -0.05) is 30.3 Å². The number of halogens is 2. The van der Waals surface area contributed by atoms with Gasteiger partial charge < -0.3 is 5.32 Å². The first-order chi connectivity index (χ1) is 9.65. The van der Waals surface area contributed by atoms with Gasteiger partial charge in [0, 0.05) is 16.3 Å². The summed E-state index contributed by atoms with van der Waals surface area (Å²) >= 11 is 8.27. The highest BCUT2D eigenvalue weighted by Gasteiger charge is 2.12. The van der Waals surface area contributed by atoms with Gasteiger partial charge in [0.15, 0.2) is 5.82 Å². The normalized spacial score (nSPS) is 10.9. The molecule has 6 heteroatoms. The van der Waals surface area contributed by atoms with Crippen LogP contribution in [0.2, 0.25) is 5.28 Å². The summed E-state index contributed by atoms with van der Waals surface area (Å²) in [6.45, 7) is 2.76. The number of benzene rings is 1. The molecule has 0 unspecified atom stereocenters. The fraction of sp³-hybridized carbons (Fsp3) is 0.143. The first kappa shape index (κ1) is 13.6. The number of nitrogens with one attached hydrogen (secondary N) is 1. The van der Waals surface area contributed by atoms with Crippen LogP contribution in [-0.4, -0.2) is 14.6 Å². The van der Waals surface area contributed by atoms with E-state index in [4.69, 9.17) is 11.6 Å². The van der Waals surface area contributed by atoms with E-state index < -0.39 is 0 Å². The Kier molecular flexibility index (Phi) is 3.80. The van der Waals surface area contributed by atoms with E-state index in [2.05, 4.69) is 57.0 Å². The molecule has 0 aliphatic heterocycles. The zero-order valence-electron chi connectivity index (χ0n) is 10.8. The molecule has 0 saturated heterocycles. The third-order valence-corrected chi connectivity index (χ3v) is 4.35. The number of nitrogens with zero attached hydrogens (tertiary/aromatic N) is 3. The van der Waals surface area contributed by atoms with E-state index in [1.54, 1.807) is 4.52 Å². The third kappa shape index (κ3) is 2.60. The van der Waals surface area contributed by atoms with E-state index in [1.165, 1.54) is 5.56 Å². The molecule has 0 radical (unpaired) electrons. The van der Waals surface area contributed by atoms with Gasteiger partial charge in [0.2, 0.25) is 5.28 Å². The van der Waals surface area contributed by atoms with E-state index >= 15 is 0 Å². The topological polar surface area (TPSA) is 42.2 Å². The fourth-order valence-corrected chi connectivity index (χ4v) is 2.77. The molecule has 3 aromatic rings. The van der Waals surface area contributed by atoms with Crippen molar-refractivity contribution in [3.63, 3.8) is 0 Å². The van der Waals surface area contributed by atoms with Crippen molar-refractivity contribution in [1.29, 1.82) is 0 Å². The lowest BCUT2D eigenvalue weighted by Crippen LogP contribution is -2.05. The molecule has 0 bridgehead atoms. The molecule has 20 heavy (non-hydrogen) atoms. The van der Waals surface area contributed by atoms with Gasteiger partial charge in [0.05, 0.1) is 0 Å². The zero-order chi connectivity index (χ0) is 14.1. The number of anilines is 1. The summed E-state index contributed by atoms with van der Waals surface area (Å²) in [5.41, 5.74) is 3.31. The van der Waals surface area contributed by atoms with Crippen LogP contribution in [0.1, 0.15) is 11.1 Å². The molecule has 2 heterocycles. The Morgan fingerprint density at radius 3 is 2.80 bits per heavy atom. The average Bonchev–Trinajstić information content (AvgIpc) is 2.72. The highest BCUT2D eigenvalue weighted by Crippen LogP contribution is 2.25. The van der Waals surface area contributed by atoms with Gasteiger partial charge in [0.25, 0.3) is 0 Å². The predicted octanol–water partition coefficient (Wildman–Crippen LogP) is 3.91. The van der Waals surface area contributed by atoms with Gasteiger partial charge in [-0.15, -0.1) is 5.10 Å². The monoisotopic (exact) mass is 398 g/mol. The Bertz CT molecular complexity index is 755. The lowest BCUT2D eigenvalue weighted by Gasteiger charge is -2.08. The maximum atomic E-state index is 5.98. The number of hydrogen-bond acceptors (Lipinski definition) is 3. The number of hydrogen-bond donors (Lipinski definition) is 1. The molecule has 0 saturated carbocycles. The van der Waals surface area contributed by atoms with E-state index in [-0.39, 0.29) is 5.28 Å². The molecular weight excluding hydrogens is 387 g/mol. The molecule has 0 spiro atoms. The second-order valence-electron chi connectivity index (χ2n) is 4.46. The molecule has 2 aromatic heterocycles. The van der Waals surface area contributed by atoms with Crippen molar-refractivity contribution < 1.29 is 0 Å². The Balaban J connectivity index is 1.98. The summed E-state index contributed by atoms with van der Waals surface area (Å²) in [7, 11) is 0. The number of rotatable bonds is 3. The number of aromatic nitrogens is 3. The first-order valence-corrected chi connectivity index (χ1v) is 7.59. The largest absolute Gasteiger partial charge is 0.364 e. The van der Waals surface area contributed by atoms with Crippen molar-refractivity contribution in [2.75, 3.05) is 5.32 Å². The Hall–Kier alpha value is -1.34. The van der Waals surface area contributed by atoms with Crippen molar-refractivity contribution in [3.8, 4) is 0 Å². The number of fused-ring (bicyclic) bond motifs is 1. The maximum Gasteiger partial charge on any atom is 0.243 e. The van der Waals surface area contributed by atoms with Crippen LogP contribution in [0.4, 0.5) is 5.82 Å². The molecule has 1 aromatic carbocycles. The Morgan fingerprint density at radius 1 is 1.30 bits per heavy atom. The molecule has 0 amide bonds. The van der Waals surface area contributed by atoms with Crippen LogP contribution in [0.3, 0.4) is 0 Å². The van der Waals surface area contributed by atoms with Crippen molar-refractivity contribution in [2.24, 2.45) is 0 Å². The smallest absolute Gasteiger partial charge is 0.243 e. The maximum absolute atomic E-state index is 5.98. The standard InChI is InChI=1S/C14H12ClIN4/c1-9-11(16)8-20-12(9)13(18-14(15)19-20)17-7-10-5-3-2-4-6-10/h2-6,8H,7H2,1H3,(H,17,18,19). The third-order valence-electron chi connectivity index (χ3n) is 3.10. The molecule has 0 aliphatic rings. The Morgan fingerprint density at radius 2 is 2.05 bits per heavy atom. The SMILES string of the molecule is Cc1c(I)cn2nc(Cl)nc(NCc3ccccc3)c12. The summed E-state index contributed by atoms with van der Waals surface area (Å²) < 4.78 is 2.92. The summed E-state index contributed by atoms with van der Waals surface area (Å²) in [6, 6.07) is 10.2. The van der Waals surface area contributed by atoms with Crippen LogP contribution >= 0.6 is 34.2 Å². The van der Waals surface area contributed by atoms with Gasteiger partial charge in [-0.3, -0.25) is 0 Å². The quantitative estimate of drug-likeness (QED) is 0.680. The summed E-state index contributed by atoms with van der Waals surface area (Å²) in [5, 5.41) is 7.77. The van der Waals surface area contributed by atoms with Crippen molar-refractivity contribution in [3.05, 3.63) is 56.5 Å². The van der Waals surface area contributed by atoms with Gasteiger partial charge in [-0.25, -0.2) is 4.52 Å². The fourth-order valence-electron chi connectivity index (χ4n) is 2.08. The van der Waals surface area contributed by atoms with Crippen LogP contribution in [0.25, 0.3) is 5.52 Å². The lowest BCUT2D eigenvalue weighted by atomic mass is 10.2. The van der Waals surface area contributed by atoms with Gasteiger partial charge in [-0.05, 0) is 52.2 Å². The molecule has 0 aliphatic carbocycles. The minimum atomic E-state index is 0.236. The highest BCUT2D eigenvalue weighted by molar-refractivity contribution is 14.1. The average molecular weight is 399 g/mol. The van der Waals surface area contributed by atoms with Crippen LogP contribution < -0.4 is 5.32 Å². The summed E-state index contributed by atoms with van der Waals surface area (Å²) in [4.78, 5) is 4.31. The molecule has 0 fully saturated rings. The van der Waals surface area contributed by atoms with Gasteiger partial charge >= 0.3 is 0 Å². The van der Waals surface area contributed by atoms with Crippen LogP contribution in [-0.2, 0) is 6.54 Å². The second kappa shape index (κ2) is 5.57. The minimum Gasteiger partial charge on any atom is -0.364 e. The molecule has 102 valence electrons. The van der Waals surface area contributed by atoms with E-state index in [0.29, 0.717) is 6.54 Å². The zero-order valence-corrected chi connectivity index (χ0v) is 13.7. The Labute approximate surface area is 135 Å². The lowest BCUT2D eigenvalue weighted by molar-refractivity contribution is 0.898. The van der Waals surface area contributed by atoms with Crippen molar-refractivity contribution in [1.82, 2.24) is 14.6 Å². The van der Waals surface area contributed by atoms with E-state index in [0.717, 1.165) is 20.5 Å². The van der Waals surface area contributed by atoms with Crippen LogP contribution in [0.5, 0.6) is 0 Å². The minimum absolute atomic E-state index is 0.236. The number of aryl methyl sites for hydroxylation is 1. The van der Waals surface area contributed by atoms with E-state index in [1.807, 2.05) is 24.4 Å². The molecule has 0 atom stereocenters. The van der Waals surface area contributed by atoms with Crippen molar-refractivity contribution in [2.45, 2.75) is 13.5 Å². The molecular formula is C14H12ClIN4. The van der Waals surface area contributed by atoms with Crippen molar-refractivity contribution >= 4 is 45.5 Å². The molecule has 1 N–H and O–H groups in total. The first-order valence-electron chi connectivity index (χ1n) is 6.14. The summed E-state index contributed by atoms with van der Waals surface area (Å²) in [6.07, 6.45) is 1.95. The molecule has 3 rings (SSSR count).